The molecule has 6 aromatic heterocycles. The Kier molecular flexibility index (Phi) is 7.05. The third-order valence-corrected chi connectivity index (χ3v) is 13.3. The maximum absolute atomic E-state index is 12.3. The van der Waals surface area contributed by atoms with Crippen LogP contribution in [0.4, 0.5) is 0 Å². The quantitative estimate of drug-likeness (QED) is 0.162. The summed E-state index contributed by atoms with van der Waals surface area (Å²) in [6, 6.07) is 59.8. The number of rotatable bonds is 5. The summed E-state index contributed by atoms with van der Waals surface area (Å²) in [5.74, 6) is 0. The maximum atomic E-state index is 12.3. The zero-order chi connectivity index (χ0) is 42.0. The van der Waals surface area contributed by atoms with Crippen LogP contribution in [0.3, 0.4) is 0 Å². The minimum atomic E-state index is 0.486. The first-order valence-corrected chi connectivity index (χ1v) is 21.4. The zero-order valence-electron chi connectivity index (χ0n) is 34.0. The molecule has 0 amide bonds. The number of nitriles is 1. The van der Waals surface area contributed by atoms with Crippen molar-refractivity contribution in [2.45, 2.75) is 0 Å². The molecule has 14 aromatic rings. The fraction of sp³-hybridized carbons (Fsp3) is 0. The van der Waals surface area contributed by atoms with Crippen molar-refractivity contribution in [3.8, 4) is 50.8 Å². The largest absolute Gasteiger partial charge is 0.307 e. The molecule has 6 heterocycles. The van der Waals surface area contributed by atoms with Gasteiger partial charge in [0.15, 0.2) is 0 Å². The third kappa shape index (κ3) is 4.47. The molecule has 0 bridgehead atoms. The minimum Gasteiger partial charge on any atom is -0.307 e. The van der Waals surface area contributed by atoms with Crippen molar-refractivity contribution in [1.82, 2.24) is 29.1 Å². The monoisotopic (exact) mass is 813 g/mol. The van der Waals surface area contributed by atoms with Gasteiger partial charge in [0.05, 0.1) is 33.4 Å². The second-order valence-corrected chi connectivity index (χ2v) is 16.4. The summed E-state index contributed by atoms with van der Waals surface area (Å²) in [5.41, 5.74) is 12.9. The summed E-state index contributed by atoms with van der Waals surface area (Å²) < 4.78 is 4.48. The smallest absolute Gasteiger partial charge is 0.147 e. The van der Waals surface area contributed by atoms with E-state index in [4.69, 9.17) is 19.9 Å². The highest BCUT2D eigenvalue weighted by Crippen LogP contribution is 2.53. The van der Waals surface area contributed by atoms with E-state index < -0.39 is 0 Å². The normalized spacial score (nSPS) is 12.0. The molecule has 294 valence electrons. The molecule has 14 rings (SSSR count). The van der Waals surface area contributed by atoms with Crippen LogP contribution in [0.2, 0.25) is 0 Å². The molecule has 7 nitrogen and oxygen atoms in total. The number of hydrogen-bond acceptors (Lipinski definition) is 5. The topological polar surface area (TPSA) is 85.2 Å². The van der Waals surface area contributed by atoms with Crippen LogP contribution < -0.4 is 0 Å². The Labute approximate surface area is 365 Å². The van der Waals surface area contributed by atoms with Gasteiger partial charge >= 0.3 is 0 Å². The van der Waals surface area contributed by atoms with Crippen molar-refractivity contribution in [2.75, 3.05) is 0 Å². The highest BCUT2D eigenvalue weighted by atomic mass is 15.1. The van der Waals surface area contributed by atoms with E-state index in [-0.39, 0.29) is 0 Å². The molecule has 0 spiro atoms. The molecule has 0 atom stereocenters. The Balaban J connectivity index is 1.30. The van der Waals surface area contributed by atoms with Crippen LogP contribution in [0.1, 0.15) is 5.56 Å². The molecule has 0 aliphatic rings. The van der Waals surface area contributed by atoms with Crippen LogP contribution in [-0.2, 0) is 0 Å². The van der Waals surface area contributed by atoms with Crippen LogP contribution >= 0.6 is 0 Å². The van der Waals surface area contributed by atoms with E-state index in [0.29, 0.717) is 11.3 Å². The number of hydrogen-bond donors (Lipinski definition) is 0. The fourth-order valence-corrected chi connectivity index (χ4v) is 10.8. The Morgan fingerprint density at radius 1 is 0.344 bits per heavy atom. The van der Waals surface area contributed by atoms with E-state index in [1.807, 2.05) is 36.9 Å². The second-order valence-electron chi connectivity index (χ2n) is 16.4. The predicted molar refractivity (Wildman–Crippen MR) is 260 cm³/mol. The summed E-state index contributed by atoms with van der Waals surface area (Å²) in [7, 11) is 0. The lowest BCUT2D eigenvalue weighted by Gasteiger charge is -2.27. The molecule has 0 N–H and O–H groups in total. The average Bonchev–Trinajstić information content (AvgIpc) is 3.89. The van der Waals surface area contributed by atoms with Crippen LogP contribution in [0.25, 0.3) is 132 Å². The second kappa shape index (κ2) is 13.0. The van der Waals surface area contributed by atoms with Crippen molar-refractivity contribution in [3.63, 3.8) is 0 Å². The standard InChI is InChI=1S/C57H31N7/c58-32-42-54(63-43-26-30-59-52-40-22-12-13-23-41(40)53-51(50(43)52)44(63)27-31-60-53)46(34-16-6-2-7-17-34)45(33-14-4-1-5-15-33)47(35-18-8-3-9-19-35)55(42)64-56-48-38(24-28-61-56)36-20-10-11-21-37(36)39-25-29-62-57(64)49(39)48/h1-31H. The zero-order valence-corrected chi connectivity index (χ0v) is 34.0. The van der Waals surface area contributed by atoms with Gasteiger partial charge in [-0.1, -0.05) is 140 Å². The van der Waals surface area contributed by atoms with Gasteiger partial charge in [0, 0.05) is 73.8 Å². The SMILES string of the molecule is N#Cc1c(-n2c3ccnc4c5ccccc5c5nccc2c5c43)c(-c2ccccc2)c(-c2ccccc2)c(-c2ccccc2)c1-n1c2nccc3c4ccccc4c4ccnc1c4c32. The van der Waals surface area contributed by atoms with Gasteiger partial charge in [-0.2, -0.15) is 5.26 Å². The average molecular weight is 814 g/mol. The highest BCUT2D eigenvalue weighted by molar-refractivity contribution is 6.34. The van der Waals surface area contributed by atoms with E-state index in [1.54, 1.807) is 0 Å². The Morgan fingerprint density at radius 3 is 1.19 bits per heavy atom. The molecule has 8 aromatic carbocycles. The van der Waals surface area contributed by atoms with Crippen molar-refractivity contribution < 1.29 is 0 Å². The summed E-state index contributed by atoms with van der Waals surface area (Å²) in [6.45, 7) is 0. The number of pyridine rings is 4. The predicted octanol–water partition coefficient (Wildman–Crippen LogP) is 13.8. The van der Waals surface area contributed by atoms with Crippen molar-refractivity contribution in [1.29, 1.82) is 5.26 Å². The summed E-state index contributed by atoms with van der Waals surface area (Å²) in [4.78, 5) is 20.6. The van der Waals surface area contributed by atoms with E-state index in [9.17, 15) is 5.26 Å². The van der Waals surface area contributed by atoms with Gasteiger partial charge in [0.1, 0.15) is 22.9 Å². The van der Waals surface area contributed by atoms with Crippen LogP contribution in [0, 0.1) is 11.3 Å². The molecule has 0 radical (unpaired) electrons. The molecule has 0 aliphatic carbocycles. The van der Waals surface area contributed by atoms with Crippen molar-refractivity contribution >= 4 is 87.2 Å². The molecule has 64 heavy (non-hydrogen) atoms. The van der Waals surface area contributed by atoms with E-state index in [1.165, 1.54) is 0 Å². The lowest BCUT2D eigenvalue weighted by molar-refractivity contribution is 1.08. The summed E-state index contributed by atoms with van der Waals surface area (Å²) >= 11 is 0. The lowest BCUT2D eigenvalue weighted by atomic mass is 9.82. The summed E-state index contributed by atoms with van der Waals surface area (Å²) in [5, 5.41) is 22.9. The van der Waals surface area contributed by atoms with Gasteiger partial charge in [-0.05, 0) is 62.5 Å². The number of nitrogens with zero attached hydrogens (tertiary/aromatic N) is 7. The van der Waals surface area contributed by atoms with Gasteiger partial charge in [0.25, 0.3) is 0 Å². The van der Waals surface area contributed by atoms with Gasteiger partial charge in [-0.15, -0.1) is 0 Å². The van der Waals surface area contributed by atoms with E-state index >= 15 is 0 Å². The first-order chi connectivity index (χ1) is 31.8. The Bertz CT molecular complexity index is 3820. The first kappa shape index (κ1) is 34.7. The Hall–Kier alpha value is -8.99. The molecule has 0 saturated carbocycles. The molecule has 0 aliphatic heterocycles. The van der Waals surface area contributed by atoms with Crippen LogP contribution in [0.15, 0.2) is 189 Å². The van der Waals surface area contributed by atoms with Gasteiger partial charge < -0.3 is 4.57 Å². The molecular weight excluding hydrogens is 783 g/mol. The summed E-state index contributed by atoms with van der Waals surface area (Å²) in [6.07, 6.45) is 7.57. The number of aromatic nitrogens is 6. The van der Waals surface area contributed by atoms with Crippen molar-refractivity contribution in [3.05, 3.63) is 194 Å². The number of benzene rings is 8. The first-order valence-electron chi connectivity index (χ1n) is 21.4. The maximum Gasteiger partial charge on any atom is 0.147 e. The molecular formula is C57H31N7. The van der Waals surface area contributed by atoms with E-state index in [2.05, 4.69) is 167 Å². The lowest BCUT2D eigenvalue weighted by Crippen LogP contribution is -2.11. The van der Waals surface area contributed by atoms with Crippen molar-refractivity contribution in [2.24, 2.45) is 0 Å². The molecule has 0 unspecified atom stereocenters. The van der Waals surface area contributed by atoms with Gasteiger partial charge in [0.2, 0.25) is 0 Å². The van der Waals surface area contributed by atoms with Crippen LogP contribution in [-0.4, -0.2) is 29.1 Å². The van der Waals surface area contributed by atoms with Crippen LogP contribution in [0.5, 0.6) is 0 Å². The minimum absolute atomic E-state index is 0.486. The van der Waals surface area contributed by atoms with E-state index in [0.717, 1.165) is 126 Å². The third-order valence-electron chi connectivity index (χ3n) is 13.3. The molecule has 0 fully saturated rings. The number of fused-ring (bicyclic) bond motifs is 6. The Morgan fingerprint density at radius 2 is 0.734 bits per heavy atom. The molecule has 7 heteroatoms. The van der Waals surface area contributed by atoms with Gasteiger partial charge in [-0.3, -0.25) is 14.5 Å². The fourth-order valence-electron chi connectivity index (χ4n) is 10.8. The van der Waals surface area contributed by atoms with Gasteiger partial charge in [-0.25, -0.2) is 9.97 Å². The molecule has 0 saturated heterocycles. The highest BCUT2D eigenvalue weighted by Gasteiger charge is 2.34.